The van der Waals surface area contributed by atoms with Gasteiger partial charge < -0.3 is 14.2 Å². The highest BCUT2D eigenvalue weighted by Crippen LogP contribution is 2.38. The summed E-state index contributed by atoms with van der Waals surface area (Å²) >= 11 is 5.89. The zero-order valence-electron chi connectivity index (χ0n) is 20.7. The molecule has 1 fully saturated rings. The smallest absolute Gasteiger partial charge is 0.167 e. The van der Waals surface area contributed by atoms with Gasteiger partial charge in [-0.1, -0.05) is 24.6 Å². The van der Waals surface area contributed by atoms with E-state index in [2.05, 4.69) is 20.2 Å². The number of sulfone groups is 1. The van der Waals surface area contributed by atoms with E-state index in [0.29, 0.717) is 40.5 Å². The fraction of sp³-hybridized carbons (Fsp3) is 0.500. The average Bonchev–Trinajstić information content (AvgIpc) is 3.30. The molecule has 1 aromatic carbocycles. The average molecular weight is 536 g/mol. The molecule has 2 aromatic heterocycles. The Morgan fingerprint density at radius 1 is 1.11 bits per heavy atom. The molecule has 0 N–H and O–H groups in total. The first-order valence-electron chi connectivity index (χ1n) is 11.7. The highest BCUT2D eigenvalue weighted by atomic mass is 35.5. The van der Waals surface area contributed by atoms with Crippen molar-refractivity contribution in [1.29, 1.82) is 0 Å². The summed E-state index contributed by atoms with van der Waals surface area (Å²) in [5.41, 5.74) is 0.531. The molecule has 0 unspecified atom stereocenters. The van der Waals surface area contributed by atoms with Crippen LogP contribution in [0.3, 0.4) is 0 Å². The molecule has 0 aliphatic carbocycles. The van der Waals surface area contributed by atoms with Crippen LogP contribution in [-0.4, -0.2) is 59.2 Å². The van der Waals surface area contributed by atoms with E-state index in [1.807, 2.05) is 0 Å². The minimum Gasteiger partial charge on any atom is -0.494 e. The van der Waals surface area contributed by atoms with Crippen molar-refractivity contribution >= 4 is 21.4 Å². The Morgan fingerprint density at radius 3 is 2.36 bits per heavy atom. The third-order valence-electron chi connectivity index (χ3n) is 6.50. The summed E-state index contributed by atoms with van der Waals surface area (Å²) in [6.45, 7) is 4.03. The molecule has 0 radical (unpaired) electrons. The van der Waals surface area contributed by atoms with Gasteiger partial charge in [0, 0.05) is 24.9 Å². The molecule has 3 heterocycles. The number of nitrogens with zero attached hydrogens (tertiary/aromatic N) is 5. The van der Waals surface area contributed by atoms with Gasteiger partial charge in [0.05, 0.1) is 24.5 Å². The monoisotopic (exact) mass is 535 g/mol. The predicted octanol–water partition coefficient (Wildman–Crippen LogP) is 4.08. The molecule has 3 aromatic rings. The molecule has 12 heteroatoms. The van der Waals surface area contributed by atoms with E-state index in [4.69, 9.17) is 25.8 Å². The molecule has 4 rings (SSSR count). The van der Waals surface area contributed by atoms with E-state index >= 15 is 0 Å². The second-order valence-corrected chi connectivity index (χ2v) is 11.5. The lowest BCUT2D eigenvalue weighted by molar-refractivity contribution is 0.00828. The Kier molecular flexibility index (Phi) is 8.11. The normalized spacial score (nSPS) is 18.0. The number of ether oxygens (including phenoxy) is 3. The predicted molar refractivity (Wildman–Crippen MR) is 135 cm³/mol. The number of benzene rings is 1. The van der Waals surface area contributed by atoms with Crippen molar-refractivity contribution < 1.29 is 22.6 Å². The lowest BCUT2D eigenvalue weighted by Crippen LogP contribution is -2.28. The van der Waals surface area contributed by atoms with Gasteiger partial charge in [-0.3, -0.25) is 4.57 Å². The number of methoxy groups -OCH3 is 2. The van der Waals surface area contributed by atoms with Gasteiger partial charge in [-0.05, 0) is 38.3 Å². The van der Waals surface area contributed by atoms with Crippen molar-refractivity contribution in [2.75, 3.05) is 20.8 Å². The molecule has 1 aliphatic heterocycles. The van der Waals surface area contributed by atoms with Crippen molar-refractivity contribution in [1.82, 2.24) is 24.7 Å². The zero-order valence-corrected chi connectivity index (χ0v) is 22.3. The van der Waals surface area contributed by atoms with Gasteiger partial charge >= 0.3 is 0 Å². The van der Waals surface area contributed by atoms with E-state index in [-0.39, 0.29) is 17.7 Å². The Balaban J connectivity index is 1.77. The largest absolute Gasteiger partial charge is 0.494 e. The minimum absolute atomic E-state index is 0.248. The molecular formula is C24H30ClN5O5S. The molecular weight excluding hydrogens is 506 g/mol. The van der Waals surface area contributed by atoms with E-state index in [0.717, 1.165) is 19.3 Å². The summed E-state index contributed by atoms with van der Waals surface area (Å²) in [4.78, 5) is 8.41. The lowest BCUT2D eigenvalue weighted by atomic mass is 10.1. The van der Waals surface area contributed by atoms with Crippen LogP contribution in [-0.2, 0) is 20.3 Å². The second kappa shape index (κ2) is 11.1. The van der Waals surface area contributed by atoms with E-state index in [1.165, 1.54) is 12.4 Å². The maximum absolute atomic E-state index is 13.6. The summed E-state index contributed by atoms with van der Waals surface area (Å²) in [7, 11) is -0.622. The quantitative estimate of drug-likeness (QED) is 0.399. The fourth-order valence-corrected chi connectivity index (χ4v) is 5.91. The molecule has 1 saturated heterocycles. The van der Waals surface area contributed by atoms with Gasteiger partial charge in [-0.2, -0.15) is 0 Å². The van der Waals surface area contributed by atoms with Crippen LogP contribution in [0.25, 0.3) is 5.69 Å². The highest BCUT2D eigenvalue weighted by molar-refractivity contribution is 7.91. The summed E-state index contributed by atoms with van der Waals surface area (Å²) in [5, 5.41) is 8.31. The molecule has 0 saturated carbocycles. The third kappa shape index (κ3) is 5.33. The maximum Gasteiger partial charge on any atom is 0.167 e. The van der Waals surface area contributed by atoms with Crippen LogP contribution in [0.1, 0.15) is 62.6 Å². The van der Waals surface area contributed by atoms with Crippen LogP contribution < -0.4 is 9.47 Å². The Labute approximate surface area is 215 Å². The first kappa shape index (κ1) is 26.3. The summed E-state index contributed by atoms with van der Waals surface area (Å²) in [6, 6.07) is 5.36. The van der Waals surface area contributed by atoms with Crippen LogP contribution in [0.5, 0.6) is 11.5 Å². The van der Waals surface area contributed by atoms with Gasteiger partial charge in [0.15, 0.2) is 21.5 Å². The number of hydrogen-bond acceptors (Lipinski definition) is 9. The molecule has 36 heavy (non-hydrogen) atoms. The van der Waals surface area contributed by atoms with Crippen LogP contribution in [0, 0.1) is 0 Å². The van der Waals surface area contributed by atoms with Crippen molar-refractivity contribution in [2.45, 2.75) is 56.1 Å². The standard InChI is InChI=1S/C24H30ClN5O5S/c1-15(23-26-12-17(25)13-27-23)16(2)36(31,32)14-21-28-29-24(20-8-5-6-11-35-20)30(21)22-18(33-3)9-7-10-19(22)34-4/h7,9-10,12-13,15-16,20H,5-6,8,11,14H2,1-4H3/t15-,16-,20-/m0/s1. The van der Waals surface area contributed by atoms with Crippen molar-refractivity contribution in [3.63, 3.8) is 0 Å². The van der Waals surface area contributed by atoms with Crippen LogP contribution >= 0.6 is 11.6 Å². The van der Waals surface area contributed by atoms with E-state index < -0.39 is 21.0 Å². The topological polar surface area (TPSA) is 118 Å². The van der Waals surface area contributed by atoms with E-state index in [9.17, 15) is 8.42 Å². The van der Waals surface area contributed by atoms with Gasteiger partial charge in [-0.15, -0.1) is 10.2 Å². The summed E-state index contributed by atoms with van der Waals surface area (Å²) < 4.78 is 46.1. The molecule has 10 nitrogen and oxygen atoms in total. The van der Waals surface area contributed by atoms with Crippen molar-refractivity contribution in [3.05, 3.63) is 53.1 Å². The first-order valence-corrected chi connectivity index (χ1v) is 13.8. The SMILES string of the molecule is COc1cccc(OC)c1-n1c(CS(=O)(=O)[C@@H](C)[C@H](C)c2ncc(Cl)cn2)nnc1[C@@H]1CCCCO1. The first-order chi connectivity index (χ1) is 17.3. The van der Waals surface area contributed by atoms with E-state index in [1.54, 1.807) is 50.8 Å². The Bertz CT molecular complexity index is 1270. The van der Waals surface area contributed by atoms with Gasteiger partial charge in [0.2, 0.25) is 0 Å². The van der Waals surface area contributed by atoms with Crippen LogP contribution in [0.2, 0.25) is 5.02 Å². The molecule has 3 atom stereocenters. The molecule has 194 valence electrons. The van der Waals surface area contributed by atoms with Gasteiger partial charge in [0.1, 0.15) is 34.9 Å². The lowest BCUT2D eigenvalue weighted by Gasteiger charge is -2.24. The summed E-state index contributed by atoms with van der Waals surface area (Å²) in [5.74, 6) is 1.35. The number of halogens is 1. The Hall–Kier alpha value is -2.76. The zero-order chi connectivity index (χ0) is 25.9. The van der Waals surface area contributed by atoms with Gasteiger partial charge in [0.25, 0.3) is 0 Å². The number of para-hydroxylation sites is 1. The van der Waals surface area contributed by atoms with Crippen molar-refractivity contribution in [3.8, 4) is 17.2 Å². The van der Waals surface area contributed by atoms with Crippen molar-refractivity contribution in [2.24, 2.45) is 0 Å². The molecule has 0 bridgehead atoms. The number of rotatable bonds is 9. The van der Waals surface area contributed by atoms with Crippen LogP contribution in [0.15, 0.2) is 30.6 Å². The molecule has 0 amide bonds. The number of hydrogen-bond donors (Lipinski definition) is 0. The van der Waals surface area contributed by atoms with Gasteiger partial charge in [-0.25, -0.2) is 18.4 Å². The molecule has 1 aliphatic rings. The third-order valence-corrected chi connectivity index (χ3v) is 8.89. The minimum atomic E-state index is -3.72. The number of aromatic nitrogens is 5. The molecule has 0 spiro atoms. The Morgan fingerprint density at radius 2 is 1.78 bits per heavy atom. The second-order valence-electron chi connectivity index (χ2n) is 8.74. The maximum atomic E-state index is 13.6. The fourth-order valence-electron chi connectivity index (χ4n) is 4.26. The van der Waals surface area contributed by atoms with Crippen LogP contribution in [0.4, 0.5) is 0 Å². The highest BCUT2D eigenvalue weighted by Gasteiger charge is 2.34. The summed E-state index contributed by atoms with van der Waals surface area (Å²) in [6.07, 6.45) is 5.29.